The molecule has 21 heteroatoms. The monoisotopic (exact) mass is 808 g/mol. The van der Waals surface area contributed by atoms with E-state index in [1.54, 1.807) is 44.2 Å². The Kier molecular flexibility index (Phi) is 17.0. The first-order valence-corrected chi connectivity index (χ1v) is 22.7. The lowest BCUT2D eigenvalue weighted by Gasteiger charge is -2.12. The van der Waals surface area contributed by atoms with E-state index in [2.05, 4.69) is 29.7 Å². The van der Waals surface area contributed by atoms with Gasteiger partial charge in [-0.15, -0.1) is 0 Å². The summed E-state index contributed by atoms with van der Waals surface area (Å²) in [6.45, 7) is 5.42. The van der Waals surface area contributed by atoms with Crippen LogP contribution in [-0.4, -0.2) is 105 Å². The number of aromatic nitrogens is 1. The highest BCUT2D eigenvalue weighted by Gasteiger charge is 2.40. The first kappa shape index (κ1) is 45.7. The number of aryl methyl sites for hydroxylation is 3. The number of nitrogens with one attached hydrogen (secondary N) is 4. The molecule has 0 spiro atoms. The second kappa shape index (κ2) is 19.0. The molecule has 1 aromatic heterocycles. The molecule has 284 valence electrons. The number of pyridine rings is 1. The molecule has 51 heavy (non-hydrogen) atoms. The molecule has 16 nitrogen and oxygen atoms in total. The largest absolute Gasteiger partial charge is 0.391 e. The second-order valence-electron chi connectivity index (χ2n) is 10.8. The minimum absolute atomic E-state index is 0.0292. The van der Waals surface area contributed by atoms with Crippen molar-refractivity contribution in [1.29, 1.82) is 5.26 Å². The SMILES string of the molecule is C=S1(=O)CC(O)C(S(=O)(=O)NC)C1.CNS(=O)(=O)c1ccc(C#N)c(C)c1.CNS(=O)(=O)c1ccc(C)cc1.CNS(=O)(=O)c1ccc(C)nc1. The molecule has 0 bridgehead atoms. The van der Waals surface area contributed by atoms with Crippen molar-refractivity contribution in [2.24, 2.45) is 0 Å². The normalized spacial score (nSPS) is 18.8. The maximum atomic E-state index is 11.4. The van der Waals surface area contributed by atoms with Crippen LogP contribution in [0.25, 0.3) is 0 Å². The highest BCUT2D eigenvalue weighted by Crippen LogP contribution is 2.18. The summed E-state index contributed by atoms with van der Waals surface area (Å²) in [6, 6.07) is 16.3. The summed E-state index contributed by atoms with van der Waals surface area (Å²) in [5.74, 6) is 3.31. The van der Waals surface area contributed by atoms with Crippen molar-refractivity contribution < 1.29 is 43.0 Å². The van der Waals surface area contributed by atoms with Gasteiger partial charge >= 0.3 is 0 Å². The van der Waals surface area contributed by atoms with E-state index >= 15 is 0 Å². The average molecular weight is 809 g/mol. The average Bonchev–Trinajstić information content (AvgIpc) is 3.38. The molecule has 0 amide bonds. The van der Waals surface area contributed by atoms with Gasteiger partial charge in [-0.3, -0.25) is 9.19 Å². The zero-order valence-electron chi connectivity index (χ0n) is 29.1. The van der Waals surface area contributed by atoms with Crippen LogP contribution >= 0.6 is 0 Å². The quantitative estimate of drug-likeness (QED) is 0.188. The molecule has 3 unspecified atom stereocenters. The fourth-order valence-corrected chi connectivity index (χ4v) is 10.4. The van der Waals surface area contributed by atoms with Gasteiger partial charge < -0.3 is 5.11 Å². The van der Waals surface area contributed by atoms with Crippen LogP contribution in [0.15, 0.2) is 75.5 Å². The van der Waals surface area contributed by atoms with Gasteiger partial charge in [0.25, 0.3) is 0 Å². The van der Waals surface area contributed by atoms with Crippen LogP contribution in [0.2, 0.25) is 0 Å². The molecule has 4 rings (SSSR count). The number of aliphatic hydroxyl groups excluding tert-OH is 1. The van der Waals surface area contributed by atoms with Crippen molar-refractivity contribution in [3.63, 3.8) is 0 Å². The lowest BCUT2D eigenvalue weighted by atomic mass is 10.1. The van der Waals surface area contributed by atoms with Crippen molar-refractivity contribution in [3.05, 3.63) is 83.2 Å². The molecule has 0 saturated carbocycles. The highest BCUT2D eigenvalue weighted by atomic mass is 32.2. The van der Waals surface area contributed by atoms with Gasteiger partial charge in [-0.25, -0.2) is 52.6 Å². The van der Waals surface area contributed by atoms with Gasteiger partial charge in [-0.05, 0) is 112 Å². The van der Waals surface area contributed by atoms with E-state index in [4.69, 9.17) is 5.26 Å². The van der Waals surface area contributed by atoms with E-state index in [0.29, 0.717) is 16.0 Å². The number of rotatable bonds is 8. The summed E-state index contributed by atoms with van der Waals surface area (Å²) in [5.41, 5.74) is 2.99. The Bertz CT molecular complexity index is 2150. The van der Waals surface area contributed by atoms with Crippen molar-refractivity contribution in [2.45, 2.75) is 46.8 Å². The van der Waals surface area contributed by atoms with Crippen LogP contribution < -0.4 is 18.9 Å². The number of sulfonamides is 4. The lowest BCUT2D eigenvalue weighted by molar-refractivity contribution is 0.204. The van der Waals surface area contributed by atoms with Gasteiger partial charge in [0.1, 0.15) is 10.1 Å². The van der Waals surface area contributed by atoms with E-state index in [1.807, 2.05) is 13.0 Å². The minimum atomic E-state index is -3.54. The van der Waals surface area contributed by atoms with E-state index in [1.165, 1.54) is 58.7 Å². The number of benzene rings is 2. The van der Waals surface area contributed by atoms with Crippen LogP contribution in [0, 0.1) is 32.1 Å². The van der Waals surface area contributed by atoms with Crippen LogP contribution in [-0.2, 0) is 49.6 Å². The Morgan fingerprint density at radius 1 is 0.745 bits per heavy atom. The summed E-state index contributed by atoms with van der Waals surface area (Å²) in [5, 5.41) is 17.0. The van der Waals surface area contributed by atoms with Gasteiger partial charge in [0.15, 0.2) is 0 Å². The second-order valence-corrected chi connectivity index (χ2v) is 21.2. The first-order valence-electron chi connectivity index (χ1n) is 14.7. The smallest absolute Gasteiger partial charge is 0.241 e. The van der Waals surface area contributed by atoms with Gasteiger partial charge in [0, 0.05) is 23.4 Å². The van der Waals surface area contributed by atoms with Crippen molar-refractivity contribution in [3.8, 4) is 6.07 Å². The summed E-state index contributed by atoms with van der Waals surface area (Å²) in [7, 11) is -10.6. The zero-order valence-corrected chi connectivity index (χ0v) is 33.2. The fraction of sp³-hybridized carbons (Fsp3) is 0.367. The lowest BCUT2D eigenvalue weighted by Crippen LogP contribution is -2.39. The Balaban J connectivity index is 0.000000341. The molecule has 1 fully saturated rings. The topological polar surface area (TPSA) is 259 Å². The Morgan fingerprint density at radius 3 is 1.61 bits per heavy atom. The molecule has 2 heterocycles. The van der Waals surface area contributed by atoms with Crippen molar-refractivity contribution in [1.82, 2.24) is 23.9 Å². The minimum Gasteiger partial charge on any atom is -0.391 e. The Labute approximate surface area is 301 Å². The van der Waals surface area contributed by atoms with Crippen molar-refractivity contribution >= 4 is 55.5 Å². The number of nitriles is 1. The number of hydrogen-bond acceptors (Lipinski definition) is 12. The molecular weight excluding hydrogens is 765 g/mol. The Hall–Kier alpha value is -3.30. The molecule has 2 aromatic carbocycles. The molecule has 1 saturated heterocycles. The van der Waals surface area contributed by atoms with E-state index < -0.39 is 61.0 Å². The van der Waals surface area contributed by atoms with Gasteiger partial charge in [-0.2, -0.15) is 5.26 Å². The van der Waals surface area contributed by atoms with Crippen molar-refractivity contribution in [2.75, 3.05) is 39.7 Å². The van der Waals surface area contributed by atoms with Gasteiger partial charge in [-0.1, -0.05) is 17.7 Å². The summed E-state index contributed by atoms with van der Waals surface area (Å²) in [6.07, 6.45) is 0.267. The molecule has 3 atom stereocenters. The van der Waals surface area contributed by atoms with E-state index in [9.17, 15) is 43.0 Å². The predicted molar refractivity (Wildman–Crippen MR) is 198 cm³/mol. The third-order valence-corrected chi connectivity index (χ3v) is 15.2. The number of nitrogens with zero attached hydrogens (tertiary/aromatic N) is 2. The van der Waals surface area contributed by atoms with Crippen LogP contribution in [0.3, 0.4) is 0 Å². The molecule has 1 aliphatic rings. The fourth-order valence-electron chi connectivity index (χ4n) is 3.96. The predicted octanol–water partition coefficient (Wildman–Crippen LogP) is -0.0289. The summed E-state index contributed by atoms with van der Waals surface area (Å²) >= 11 is 0. The maximum absolute atomic E-state index is 11.4. The van der Waals surface area contributed by atoms with Crippen LogP contribution in [0.5, 0.6) is 0 Å². The van der Waals surface area contributed by atoms with E-state index in [-0.39, 0.29) is 21.3 Å². The number of hydrogen-bond donors (Lipinski definition) is 5. The van der Waals surface area contributed by atoms with Crippen LogP contribution in [0.4, 0.5) is 0 Å². The molecular formula is C30H44N6O10S5. The molecule has 0 aliphatic carbocycles. The summed E-state index contributed by atoms with van der Waals surface area (Å²) in [4.78, 5) is 4.54. The molecule has 0 radical (unpaired) electrons. The molecule has 5 N–H and O–H groups in total. The molecule has 3 aromatic rings. The summed E-state index contributed by atoms with van der Waals surface area (Å²) < 4.78 is 110. The third-order valence-electron chi connectivity index (χ3n) is 7.02. The van der Waals surface area contributed by atoms with Crippen LogP contribution in [0.1, 0.15) is 22.4 Å². The van der Waals surface area contributed by atoms with Gasteiger partial charge in [0.05, 0.1) is 27.5 Å². The first-order chi connectivity index (χ1) is 23.4. The third kappa shape index (κ3) is 14.0. The van der Waals surface area contributed by atoms with Gasteiger partial charge in [0.2, 0.25) is 40.1 Å². The molecule has 1 aliphatic heterocycles. The van der Waals surface area contributed by atoms with E-state index in [0.717, 1.165) is 11.3 Å². The standard InChI is InChI=1S/C9H10N2O2S.C8H11NO2S.C7H10N2O2S.C6H13NO4S2/c1-7-5-9(14(12,13)11-2)4-3-8(7)6-10;1-7-3-5-8(6-4-7)12(10,11)9-2;1-6-3-4-7(5-9-6)12(10,11)8-2;1-7-13(10,11)6-4-12(2,9)3-5(6)8/h3-5,11H,1-2H3;3-6,9H,1-2H3;3-5,8H,1-2H3;5-8H,2-4H2,1H3. The highest BCUT2D eigenvalue weighted by molar-refractivity contribution is 8.02. The Morgan fingerprint density at radius 2 is 1.22 bits per heavy atom. The zero-order chi connectivity index (χ0) is 39.4. The number of aliphatic hydroxyl groups is 1. The maximum Gasteiger partial charge on any atom is 0.241 e.